The lowest BCUT2D eigenvalue weighted by Gasteiger charge is -2.13. The normalized spacial score (nSPS) is 10.8. The van der Waals surface area contributed by atoms with Crippen LogP contribution < -0.4 is 10.9 Å². The number of aromatic nitrogens is 5. The monoisotopic (exact) mass is 364 g/mol. The van der Waals surface area contributed by atoms with Crippen LogP contribution in [0, 0.1) is 0 Å². The molecule has 0 atom stereocenters. The van der Waals surface area contributed by atoms with E-state index in [-0.39, 0.29) is 5.56 Å². The highest BCUT2D eigenvalue weighted by molar-refractivity contribution is 5.53. The summed E-state index contributed by atoms with van der Waals surface area (Å²) in [5.74, 6) is 1.25. The zero-order valence-corrected chi connectivity index (χ0v) is 15.9. The van der Waals surface area contributed by atoms with Crippen molar-refractivity contribution in [3.05, 3.63) is 63.3 Å². The summed E-state index contributed by atoms with van der Waals surface area (Å²) in [6.45, 7) is 6.51. The Hall–Kier alpha value is -3.09. The second kappa shape index (κ2) is 8.53. The average Bonchev–Trinajstić information content (AvgIpc) is 2.72. The van der Waals surface area contributed by atoms with E-state index in [0.717, 1.165) is 41.9 Å². The van der Waals surface area contributed by atoms with Crippen LogP contribution in [-0.2, 0) is 25.8 Å². The van der Waals surface area contributed by atoms with Crippen LogP contribution in [0.2, 0.25) is 0 Å². The van der Waals surface area contributed by atoms with Crippen LogP contribution in [0.15, 0.2) is 35.3 Å². The van der Waals surface area contributed by atoms with Crippen molar-refractivity contribution < 1.29 is 0 Å². The maximum Gasteiger partial charge on any atom is 0.269 e. The molecule has 7 heteroatoms. The van der Waals surface area contributed by atoms with Crippen molar-refractivity contribution in [3.63, 3.8) is 0 Å². The summed E-state index contributed by atoms with van der Waals surface area (Å²) < 4.78 is 0. The van der Waals surface area contributed by atoms with Gasteiger partial charge in [-0.3, -0.25) is 9.78 Å². The topological polar surface area (TPSA) is 96.5 Å². The Bertz CT molecular complexity index is 968. The molecule has 0 amide bonds. The van der Waals surface area contributed by atoms with Gasteiger partial charge in [0.15, 0.2) is 5.82 Å². The van der Waals surface area contributed by atoms with E-state index >= 15 is 0 Å². The molecule has 0 saturated carbocycles. The number of aryl methyl sites for hydroxylation is 2. The summed E-state index contributed by atoms with van der Waals surface area (Å²) >= 11 is 0. The van der Waals surface area contributed by atoms with Crippen LogP contribution in [0.1, 0.15) is 43.3 Å². The van der Waals surface area contributed by atoms with Gasteiger partial charge in [-0.05, 0) is 37.0 Å². The number of pyridine rings is 1. The van der Waals surface area contributed by atoms with E-state index in [1.165, 1.54) is 0 Å². The third-order valence-electron chi connectivity index (χ3n) is 4.45. The van der Waals surface area contributed by atoms with Gasteiger partial charge in [0.05, 0.1) is 5.69 Å². The minimum Gasteiger partial charge on any atom is -0.366 e. The second-order valence-electron chi connectivity index (χ2n) is 6.15. The van der Waals surface area contributed by atoms with Crippen molar-refractivity contribution >= 4 is 5.82 Å². The van der Waals surface area contributed by atoms with Gasteiger partial charge >= 0.3 is 0 Å². The third-order valence-corrected chi connectivity index (χ3v) is 4.45. The smallest absolute Gasteiger partial charge is 0.269 e. The van der Waals surface area contributed by atoms with Crippen molar-refractivity contribution in [2.45, 2.75) is 46.6 Å². The van der Waals surface area contributed by atoms with Gasteiger partial charge in [0, 0.05) is 30.1 Å². The molecule has 2 N–H and O–H groups in total. The quantitative estimate of drug-likeness (QED) is 0.669. The first kappa shape index (κ1) is 18.7. The molecule has 3 aromatic rings. The zero-order valence-electron chi connectivity index (χ0n) is 15.9. The van der Waals surface area contributed by atoms with Gasteiger partial charge in [0.25, 0.3) is 5.56 Å². The van der Waals surface area contributed by atoms with Gasteiger partial charge in [-0.25, -0.2) is 15.1 Å². The Morgan fingerprint density at radius 1 is 1.04 bits per heavy atom. The van der Waals surface area contributed by atoms with Gasteiger partial charge < -0.3 is 5.32 Å². The van der Waals surface area contributed by atoms with E-state index in [4.69, 9.17) is 0 Å². The standard InChI is InChI=1S/C20H24N6O/c1-4-13-11-18(24-19(23-13)17-9-7-8-10-21-17)22-12-15-14(5-2)16(6-3)25-26-20(15)27/h7-11H,4-6,12H2,1-3H3,(H,26,27)(H,22,23,24). The lowest BCUT2D eigenvalue weighted by Crippen LogP contribution is -2.22. The van der Waals surface area contributed by atoms with Crippen LogP contribution in [0.25, 0.3) is 11.5 Å². The highest BCUT2D eigenvalue weighted by Crippen LogP contribution is 2.17. The number of hydrogen-bond acceptors (Lipinski definition) is 6. The molecular formula is C20H24N6O. The third kappa shape index (κ3) is 4.19. The van der Waals surface area contributed by atoms with Gasteiger partial charge in [0.2, 0.25) is 0 Å². The SMILES string of the molecule is CCc1cc(NCc2c(CC)c(CC)n[nH]c2=O)nc(-c2ccccn2)n1. The van der Waals surface area contributed by atoms with Gasteiger partial charge in [-0.15, -0.1) is 0 Å². The van der Waals surface area contributed by atoms with Crippen molar-refractivity contribution in [1.82, 2.24) is 25.1 Å². The summed E-state index contributed by atoms with van der Waals surface area (Å²) in [7, 11) is 0. The minimum atomic E-state index is -0.161. The Morgan fingerprint density at radius 3 is 2.56 bits per heavy atom. The molecule has 0 fully saturated rings. The maximum atomic E-state index is 12.3. The Kier molecular flexibility index (Phi) is 5.90. The van der Waals surface area contributed by atoms with Gasteiger partial charge in [-0.1, -0.05) is 26.8 Å². The Morgan fingerprint density at radius 2 is 1.89 bits per heavy atom. The first-order chi connectivity index (χ1) is 13.2. The van der Waals surface area contributed by atoms with Crippen LogP contribution in [0.3, 0.4) is 0 Å². The lowest BCUT2D eigenvalue weighted by atomic mass is 10.0. The molecule has 0 aromatic carbocycles. The summed E-state index contributed by atoms with van der Waals surface area (Å²) in [4.78, 5) is 25.8. The highest BCUT2D eigenvalue weighted by atomic mass is 16.1. The fourth-order valence-corrected chi connectivity index (χ4v) is 3.02. The largest absolute Gasteiger partial charge is 0.366 e. The molecule has 0 bridgehead atoms. The molecule has 27 heavy (non-hydrogen) atoms. The molecule has 0 aliphatic rings. The van der Waals surface area contributed by atoms with Crippen molar-refractivity contribution in [1.29, 1.82) is 0 Å². The molecule has 3 rings (SSSR count). The number of aromatic amines is 1. The van der Waals surface area contributed by atoms with Crippen LogP contribution in [0.5, 0.6) is 0 Å². The molecule has 0 radical (unpaired) electrons. The van der Waals surface area contributed by atoms with E-state index in [9.17, 15) is 4.79 Å². The molecular weight excluding hydrogens is 340 g/mol. The minimum absolute atomic E-state index is 0.161. The highest BCUT2D eigenvalue weighted by Gasteiger charge is 2.13. The Labute approximate surface area is 158 Å². The maximum absolute atomic E-state index is 12.3. The predicted molar refractivity (Wildman–Crippen MR) is 106 cm³/mol. The first-order valence-electron chi connectivity index (χ1n) is 9.28. The van der Waals surface area contributed by atoms with E-state index in [2.05, 4.69) is 30.5 Å². The molecule has 140 valence electrons. The number of nitrogens with one attached hydrogen (secondary N) is 2. The van der Waals surface area contributed by atoms with Crippen LogP contribution >= 0.6 is 0 Å². The van der Waals surface area contributed by atoms with E-state index in [0.29, 0.717) is 23.8 Å². The number of anilines is 1. The summed E-state index contributed by atoms with van der Waals surface area (Å²) in [5, 5.41) is 10.1. The zero-order chi connectivity index (χ0) is 19.2. The molecule has 0 unspecified atom stereocenters. The second-order valence-corrected chi connectivity index (χ2v) is 6.15. The van der Waals surface area contributed by atoms with E-state index in [1.807, 2.05) is 45.0 Å². The fourth-order valence-electron chi connectivity index (χ4n) is 3.02. The van der Waals surface area contributed by atoms with Gasteiger partial charge in [0.1, 0.15) is 11.5 Å². The number of hydrogen-bond donors (Lipinski definition) is 2. The van der Waals surface area contributed by atoms with Crippen LogP contribution in [0.4, 0.5) is 5.82 Å². The Balaban J connectivity index is 1.92. The van der Waals surface area contributed by atoms with E-state index < -0.39 is 0 Å². The average molecular weight is 364 g/mol. The van der Waals surface area contributed by atoms with Gasteiger partial charge in [-0.2, -0.15) is 5.10 Å². The number of rotatable bonds is 7. The van der Waals surface area contributed by atoms with E-state index in [1.54, 1.807) is 6.20 Å². The number of nitrogens with zero attached hydrogens (tertiary/aromatic N) is 4. The summed E-state index contributed by atoms with van der Waals surface area (Å²) in [6.07, 6.45) is 4.05. The molecule has 0 aliphatic carbocycles. The molecule has 0 saturated heterocycles. The fraction of sp³-hybridized carbons (Fsp3) is 0.350. The van der Waals surface area contributed by atoms with Crippen LogP contribution in [-0.4, -0.2) is 25.1 Å². The summed E-state index contributed by atoms with van der Waals surface area (Å²) in [6, 6.07) is 7.57. The number of H-pyrrole nitrogens is 1. The predicted octanol–water partition coefficient (Wildman–Crippen LogP) is 2.92. The lowest BCUT2D eigenvalue weighted by molar-refractivity contribution is 0.825. The molecule has 0 spiro atoms. The molecule has 7 nitrogen and oxygen atoms in total. The van der Waals surface area contributed by atoms with Crippen molar-refractivity contribution in [2.75, 3.05) is 5.32 Å². The first-order valence-corrected chi connectivity index (χ1v) is 9.28. The molecule has 0 aliphatic heterocycles. The summed E-state index contributed by atoms with van der Waals surface area (Å²) in [5.41, 5.74) is 4.12. The molecule has 3 heterocycles. The van der Waals surface area contributed by atoms with Crippen molar-refractivity contribution in [2.24, 2.45) is 0 Å². The van der Waals surface area contributed by atoms with Crippen molar-refractivity contribution in [3.8, 4) is 11.5 Å². The molecule has 3 aromatic heterocycles.